The maximum atomic E-state index is 6.08. The number of nitrogens with one attached hydrogen (secondary N) is 1. The van der Waals surface area contributed by atoms with Gasteiger partial charge in [-0.2, -0.15) is 11.8 Å². The lowest BCUT2D eigenvalue weighted by Crippen LogP contribution is -2.47. The molecule has 2 aliphatic rings. The average molecular weight is 307 g/mol. The predicted octanol–water partition coefficient (Wildman–Crippen LogP) is 3.15. The first-order valence-electron chi connectivity index (χ1n) is 7.79. The van der Waals surface area contributed by atoms with Gasteiger partial charge < -0.3 is 14.8 Å². The van der Waals surface area contributed by atoms with Gasteiger partial charge in [0.2, 0.25) is 0 Å². The molecule has 1 spiro atoms. The topological polar surface area (TPSA) is 30.5 Å². The zero-order valence-corrected chi connectivity index (χ0v) is 13.8. The van der Waals surface area contributed by atoms with Crippen LogP contribution in [0.1, 0.15) is 30.4 Å². The predicted molar refractivity (Wildman–Crippen MR) is 88.2 cm³/mol. The van der Waals surface area contributed by atoms with Gasteiger partial charge in [-0.1, -0.05) is 12.1 Å². The normalized spacial score (nSPS) is 29.0. The molecule has 0 aliphatic carbocycles. The number of rotatable bonds is 4. The summed E-state index contributed by atoms with van der Waals surface area (Å²) in [6.07, 6.45) is 3.49. The Balaban J connectivity index is 1.57. The third-order valence-electron chi connectivity index (χ3n) is 4.63. The van der Waals surface area contributed by atoms with Gasteiger partial charge in [0.05, 0.1) is 12.7 Å². The fraction of sp³-hybridized carbons (Fsp3) is 0.647. The van der Waals surface area contributed by atoms with Crippen molar-refractivity contribution >= 4 is 11.8 Å². The van der Waals surface area contributed by atoms with Gasteiger partial charge in [-0.25, -0.2) is 0 Å². The summed E-state index contributed by atoms with van der Waals surface area (Å²) in [5.74, 6) is 3.40. The molecule has 2 fully saturated rings. The maximum Gasteiger partial charge on any atom is 0.122 e. The molecule has 4 heteroatoms. The van der Waals surface area contributed by atoms with Gasteiger partial charge in [0.25, 0.3) is 0 Å². The van der Waals surface area contributed by atoms with Crippen molar-refractivity contribution in [1.82, 2.24) is 5.32 Å². The molecule has 0 aromatic heterocycles. The molecular formula is C17H25NO2S. The van der Waals surface area contributed by atoms with Crippen LogP contribution in [0.15, 0.2) is 18.2 Å². The van der Waals surface area contributed by atoms with Crippen LogP contribution in [-0.4, -0.2) is 36.9 Å². The third-order valence-corrected chi connectivity index (χ3v) is 5.85. The molecule has 2 heterocycles. The van der Waals surface area contributed by atoms with Crippen molar-refractivity contribution in [3.05, 3.63) is 29.3 Å². The second-order valence-electron chi connectivity index (χ2n) is 6.21. The van der Waals surface area contributed by atoms with E-state index in [-0.39, 0.29) is 5.60 Å². The van der Waals surface area contributed by atoms with Crippen LogP contribution in [0.4, 0.5) is 0 Å². The van der Waals surface area contributed by atoms with Crippen LogP contribution in [0.5, 0.6) is 5.75 Å². The fourth-order valence-corrected chi connectivity index (χ4v) is 4.68. The van der Waals surface area contributed by atoms with Gasteiger partial charge in [0, 0.05) is 24.9 Å². The maximum absolute atomic E-state index is 6.08. The van der Waals surface area contributed by atoms with Gasteiger partial charge >= 0.3 is 0 Å². The number of methoxy groups -OCH3 is 1. The highest BCUT2D eigenvalue weighted by atomic mass is 32.2. The molecule has 2 atom stereocenters. The molecule has 1 N–H and O–H groups in total. The van der Waals surface area contributed by atoms with Crippen LogP contribution in [-0.2, 0) is 11.3 Å². The molecule has 116 valence electrons. The Labute approximate surface area is 131 Å². The molecule has 3 rings (SSSR count). The highest BCUT2D eigenvalue weighted by molar-refractivity contribution is 7.99. The highest BCUT2D eigenvalue weighted by Gasteiger charge is 2.40. The first-order chi connectivity index (χ1) is 10.2. The molecule has 1 aromatic rings. The standard InChI is InChI=1S/C17H25NO2S/c1-13-3-4-14(9-16(13)19-2)11-18-15-5-7-20-17(10-15)6-8-21-12-17/h3-4,9,15,18H,5-8,10-12H2,1-2H3/t15-,17+/m0/s1. The zero-order valence-electron chi connectivity index (χ0n) is 13.0. The summed E-state index contributed by atoms with van der Waals surface area (Å²) in [6.45, 7) is 3.88. The van der Waals surface area contributed by atoms with Gasteiger partial charge in [0.1, 0.15) is 5.75 Å². The first kappa shape index (κ1) is 15.2. The molecule has 0 amide bonds. The Morgan fingerprint density at radius 2 is 2.38 bits per heavy atom. The van der Waals surface area contributed by atoms with E-state index in [4.69, 9.17) is 9.47 Å². The molecule has 0 radical (unpaired) electrons. The minimum absolute atomic E-state index is 0.158. The molecule has 0 unspecified atom stereocenters. The van der Waals surface area contributed by atoms with E-state index in [2.05, 4.69) is 30.4 Å². The minimum Gasteiger partial charge on any atom is -0.496 e. The zero-order chi connectivity index (χ0) is 14.7. The molecule has 2 saturated heterocycles. The van der Waals surface area contributed by atoms with Crippen molar-refractivity contribution in [2.75, 3.05) is 25.2 Å². The Morgan fingerprint density at radius 3 is 3.14 bits per heavy atom. The summed E-state index contributed by atoms with van der Waals surface area (Å²) in [7, 11) is 1.74. The van der Waals surface area contributed by atoms with Crippen LogP contribution in [0, 0.1) is 6.92 Å². The molecule has 2 aliphatic heterocycles. The molecule has 0 saturated carbocycles. The van der Waals surface area contributed by atoms with Crippen molar-refractivity contribution in [2.45, 2.75) is 44.4 Å². The third kappa shape index (κ3) is 3.55. The number of aryl methyl sites for hydroxylation is 1. The van der Waals surface area contributed by atoms with Crippen molar-refractivity contribution in [2.24, 2.45) is 0 Å². The largest absolute Gasteiger partial charge is 0.496 e. The van der Waals surface area contributed by atoms with Gasteiger partial charge in [-0.3, -0.25) is 0 Å². The number of hydrogen-bond donors (Lipinski definition) is 1. The number of ether oxygens (including phenoxy) is 2. The van der Waals surface area contributed by atoms with Crippen molar-refractivity contribution in [1.29, 1.82) is 0 Å². The van der Waals surface area contributed by atoms with E-state index in [0.29, 0.717) is 6.04 Å². The SMILES string of the molecule is COc1cc(CN[C@H]2CCO[C@]3(CCSC3)C2)ccc1C. The molecule has 0 bridgehead atoms. The first-order valence-corrected chi connectivity index (χ1v) is 8.95. The van der Waals surface area contributed by atoms with E-state index in [1.807, 2.05) is 11.8 Å². The number of hydrogen-bond acceptors (Lipinski definition) is 4. The van der Waals surface area contributed by atoms with E-state index in [1.165, 1.54) is 29.1 Å². The second kappa shape index (κ2) is 6.59. The molecular weight excluding hydrogens is 282 g/mol. The van der Waals surface area contributed by atoms with Crippen LogP contribution >= 0.6 is 11.8 Å². The summed E-state index contributed by atoms with van der Waals surface area (Å²) >= 11 is 2.03. The van der Waals surface area contributed by atoms with Gasteiger partial charge in [-0.15, -0.1) is 0 Å². The van der Waals surface area contributed by atoms with E-state index in [0.717, 1.165) is 31.7 Å². The molecule has 1 aromatic carbocycles. The summed E-state index contributed by atoms with van der Waals surface area (Å²) in [6, 6.07) is 7.04. The highest BCUT2D eigenvalue weighted by Crippen LogP contribution is 2.38. The summed E-state index contributed by atoms with van der Waals surface area (Å²) in [5, 5.41) is 3.72. The quantitative estimate of drug-likeness (QED) is 0.925. The van der Waals surface area contributed by atoms with Crippen molar-refractivity contribution in [3.63, 3.8) is 0 Å². The Hall–Kier alpha value is -0.710. The fourth-order valence-electron chi connectivity index (χ4n) is 3.30. The van der Waals surface area contributed by atoms with Crippen LogP contribution in [0.25, 0.3) is 0 Å². The van der Waals surface area contributed by atoms with Crippen LogP contribution < -0.4 is 10.1 Å². The Kier molecular flexibility index (Phi) is 4.77. The lowest BCUT2D eigenvalue weighted by atomic mass is 9.90. The van der Waals surface area contributed by atoms with E-state index in [9.17, 15) is 0 Å². The summed E-state index contributed by atoms with van der Waals surface area (Å²) in [4.78, 5) is 0. The Bertz CT molecular complexity index is 486. The molecule has 3 nitrogen and oxygen atoms in total. The Morgan fingerprint density at radius 1 is 1.48 bits per heavy atom. The van der Waals surface area contributed by atoms with E-state index >= 15 is 0 Å². The smallest absolute Gasteiger partial charge is 0.122 e. The van der Waals surface area contributed by atoms with Crippen molar-refractivity contribution in [3.8, 4) is 5.75 Å². The van der Waals surface area contributed by atoms with Crippen molar-refractivity contribution < 1.29 is 9.47 Å². The monoisotopic (exact) mass is 307 g/mol. The van der Waals surface area contributed by atoms with Gasteiger partial charge in [0.15, 0.2) is 0 Å². The lowest BCUT2D eigenvalue weighted by molar-refractivity contribution is -0.0703. The summed E-state index contributed by atoms with van der Waals surface area (Å²) < 4.78 is 11.5. The minimum atomic E-state index is 0.158. The van der Waals surface area contributed by atoms with E-state index in [1.54, 1.807) is 7.11 Å². The number of thioether (sulfide) groups is 1. The summed E-state index contributed by atoms with van der Waals surface area (Å²) in [5.41, 5.74) is 2.64. The lowest BCUT2D eigenvalue weighted by Gasteiger charge is -2.38. The number of benzene rings is 1. The van der Waals surface area contributed by atoms with E-state index < -0.39 is 0 Å². The average Bonchev–Trinajstić information content (AvgIpc) is 2.94. The molecule has 21 heavy (non-hydrogen) atoms. The second-order valence-corrected chi connectivity index (χ2v) is 7.31. The van der Waals surface area contributed by atoms with Gasteiger partial charge in [-0.05, 0) is 49.1 Å². The van der Waals surface area contributed by atoms with Crippen LogP contribution in [0.2, 0.25) is 0 Å². The van der Waals surface area contributed by atoms with Crippen LogP contribution in [0.3, 0.4) is 0 Å².